The minimum absolute atomic E-state index is 0.0405. The third kappa shape index (κ3) is 2.34. The number of nitrogens with zero attached hydrogens (tertiary/aromatic N) is 2. The maximum atomic E-state index is 12.4. The maximum absolute atomic E-state index is 12.4. The van der Waals surface area contributed by atoms with Gasteiger partial charge in [-0.05, 0) is 44.6 Å². The van der Waals surface area contributed by atoms with Gasteiger partial charge in [-0.2, -0.15) is 5.26 Å². The van der Waals surface area contributed by atoms with Crippen molar-refractivity contribution in [2.45, 2.75) is 6.43 Å². The second kappa shape index (κ2) is 4.28. The molecule has 0 radical (unpaired) electrons. The Bertz CT molecular complexity index is 375. The Morgan fingerprint density at radius 3 is 2.69 bits per heavy atom. The fraction of sp³-hybridized carbons (Fsp3) is 0.143. The average Bonchev–Trinajstić information content (AvgIpc) is 2.01. The molecule has 0 aliphatic carbocycles. The zero-order valence-electron chi connectivity index (χ0n) is 6.06. The lowest BCUT2D eigenvalue weighted by atomic mass is 10.2. The van der Waals surface area contributed by atoms with Gasteiger partial charge in [-0.25, -0.2) is 13.8 Å². The molecule has 0 spiro atoms. The van der Waals surface area contributed by atoms with Crippen molar-refractivity contribution < 1.29 is 8.78 Å². The minimum atomic E-state index is -2.66. The molecule has 0 bridgehead atoms. The number of alkyl halides is 2. The molecule has 0 unspecified atom stereocenters. The van der Waals surface area contributed by atoms with Crippen LogP contribution in [-0.2, 0) is 0 Å². The van der Waals surface area contributed by atoms with E-state index in [1.54, 1.807) is 28.7 Å². The highest BCUT2D eigenvalue weighted by Gasteiger charge is 2.18. The van der Waals surface area contributed by atoms with Gasteiger partial charge in [0.05, 0.1) is 17.2 Å². The molecule has 1 aromatic heterocycles. The van der Waals surface area contributed by atoms with Gasteiger partial charge in [0.2, 0.25) is 0 Å². The van der Waals surface area contributed by atoms with Gasteiger partial charge in [-0.15, -0.1) is 0 Å². The maximum Gasteiger partial charge on any atom is 0.267 e. The number of hydrogen-bond donors (Lipinski definition) is 0. The lowest BCUT2D eigenvalue weighted by Crippen LogP contribution is -1.98. The summed E-state index contributed by atoms with van der Waals surface area (Å²) in [6, 6.07) is 2.99. The lowest BCUT2D eigenvalue weighted by Gasteiger charge is -2.04. The van der Waals surface area contributed by atoms with E-state index < -0.39 is 6.43 Å². The fourth-order valence-electron chi connectivity index (χ4n) is 0.794. The highest BCUT2D eigenvalue weighted by Crippen LogP contribution is 2.28. The molecule has 6 heteroatoms. The summed E-state index contributed by atoms with van der Waals surface area (Å²) in [6.45, 7) is 0. The van der Waals surface area contributed by atoms with Crippen LogP contribution in [0.25, 0.3) is 0 Å². The molecule has 0 saturated carbocycles. The normalized spacial score (nSPS) is 10.2. The van der Waals surface area contributed by atoms with Crippen molar-refractivity contribution in [1.29, 1.82) is 5.26 Å². The molecule has 68 valence electrons. The van der Waals surface area contributed by atoms with Crippen molar-refractivity contribution in [3.63, 3.8) is 0 Å². The van der Waals surface area contributed by atoms with E-state index in [1.165, 1.54) is 6.07 Å². The summed E-state index contributed by atoms with van der Waals surface area (Å²) in [5.74, 6) is 0. The molecule has 1 heterocycles. The van der Waals surface area contributed by atoms with E-state index in [4.69, 9.17) is 5.26 Å². The van der Waals surface area contributed by atoms with Crippen LogP contribution in [0, 0.1) is 15.0 Å². The Kier molecular flexibility index (Phi) is 3.55. The first-order valence-corrected chi connectivity index (χ1v) is 4.97. The number of pyridine rings is 1. The number of hydrogen-bond acceptors (Lipinski definition) is 2. The monoisotopic (exact) mass is 358 g/mol. The summed E-state index contributed by atoms with van der Waals surface area (Å²) in [4.78, 5) is 3.78. The molecular weight excluding hydrogens is 357 g/mol. The summed E-state index contributed by atoms with van der Waals surface area (Å²) < 4.78 is 25.3. The molecule has 0 aliphatic rings. The molecule has 0 aliphatic heterocycles. The molecule has 0 amide bonds. The van der Waals surface area contributed by atoms with Crippen LogP contribution in [0.15, 0.2) is 10.7 Å². The SMILES string of the molecule is N#Cc1cc(Br)nc(I)c1C(F)F. The Morgan fingerprint density at radius 2 is 2.23 bits per heavy atom. The van der Waals surface area contributed by atoms with Crippen molar-refractivity contribution in [3.8, 4) is 6.07 Å². The predicted octanol–water partition coefficient (Wildman–Crippen LogP) is 3.26. The smallest absolute Gasteiger partial charge is 0.234 e. The van der Waals surface area contributed by atoms with E-state index in [1.807, 2.05) is 0 Å². The van der Waals surface area contributed by atoms with Gasteiger partial charge in [0, 0.05) is 0 Å². The molecule has 0 fully saturated rings. The first kappa shape index (κ1) is 10.8. The third-order valence-corrected chi connectivity index (χ3v) is 2.55. The second-order valence-electron chi connectivity index (χ2n) is 2.11. The molecule has 0 atom stereocenters. The van der Waals surface area contributed by atoms with Crippen LogP contribution in [0.1, 0.15) is 17.6 Å². The zero-order valence-corrected chi connectivity index (χ0v) is 9.80. The predicted molar refractivity (Wildman–Crippen MR) is 54.3 cm³/mol. The first-order valence-electron chi connectivity index (χ1n) is 3.10. The van der Waals surface area contributed by atoms with Crippen LogP contribution < -0.4 is 0 Å². The highest BCUT2D eigenvalue weighted by molar-refractivity contribution is 14.1. The third-order valence-electron chi connectivity index (χ3n) is 1.32. The topological polar surface area (TPSA) is 36.7 Å². The lowest BCUT2D eigenvalue weighted by molar-refractivity contribution is 0.149. The Morgan fingerprint density at radius 1 is 1.62 bits per heavy atom. The summed E-state index contributed by atoms with van der Waals surface area (Å²) in [5.41, 5.74) is -0.340. The molecule has 1 rings (SSSR count). The van der Waals surface area contributed by atoms with Crippen LogP contribution in [-0.4, -0.2) is 4.98 Å². The summed E-state index contributed by atoms with van der Waals surface area (Å²) in [6.07, 6.45) is -2.66. The van der Waals surface area contributed by atoms with Gasteiger partial charge in [-0.1, -0.05) is 0 Å². The van der Waals surface area contributed by atoms with Crippen LogP contribution in [0.5, 0.6) is 0 Å². The van der Waals surface area contributed by atoms with Crippen LogP contribution in [0.4, 0.5) is 8.78 Å². The van der Waals surface area contributed by atoms with Gasteiger partial charge in [0.15, 0.2) is 0 Å². The van der Waals surface area contributed by atoms with Crippen molar-refractivity contribution >= 4 is 38.5 Å². The zero-order chi connectivity index (χ0) is 10.0. The molecular formula is C7H2BrF2IN2. The summed E-state index contributed by atoms with van der Waals surface area (Å²) in [7, 11) is 0. The largest absolute Gasteiger partial charge is 0.267 e. The van der Waals surface area contributed by atoms with E-state index in [-0.39, 0.29) is 14.8 Å². The molecule has 0 saturated heterocycles. The van der Waals surface area contributed by atoms with E-state index in [0.29, 0.717) is 4.60 Å². The molecule has 2 nitrogen and oxygen atoms in total. The average molecular weight is 359 g/mol. The van der Waals surface area contributed by atoms with Gasteiger partial charge in [0.1, 0.15) is 8.30 Å². The van der Waals surface area contributed by atoms with E-state index in [2.05, 4.69) is 20.9 Å². The van der Waals surface area contributed by atoms with Crippen molar-refractivity contribution in [1.82, 2.24) is 4.98 Å². The standard InChI is InChI=1S/C7H2BrF2IN2/c8-4-1-3(2-12)5(6(9)10)7(11)13-4/h1,6H. The van der Waals surface area contributed by atoms with Crippen molar-refractivity contribution in [2.75, 3.05) is 0 Å². The fourth-order valence-corrected chi connectivity index (χ4v) is 2.32. The number of halogens is 4. The molecule has 0 N–H and O–H groups in total. The number of aromatic nitrogens is 1. The van der Waals surface area contributed by atoms with Gasteiger partial charge in [0.25, 0.3) is 6.43 Å². The first-order chi connectivity index (χ1) is 6.06. The van der Waals surface area contributed by atoms with E-state index in [0.717, 1.165) is 0 Å². The van der Waals surface area contributed by atoms with Gasteiger partial charge in [-0.3, -0.25) is 0 Å². The molecule has 13 heavy (non-hydrogen) atoms. The van der Waals surface area contributed by atoms with Crippen LogP contribution in [0.2, 0.25) is 0 Å². The summed E-state index contributed by atoms with van der Waals surface area (Å²) in [5, 5.41) is 8.58. The molecule has 1 aromatic rings. The Balaban J connectivity index is 3.41. The molecule has 0 aromatic carbocycles. The van der Waals surface area contributed by atoms with Crippen molar-refractivity contribution in [3.05, 3.63) is 25.5 Å². The summed E-state index contributed by atoms with van der Waals surface area (Å²) >= 11 is 4.70. The van der Waals surface area contributed by atoms with E-state index in [9.17, 15) is 8.78 Å². The van der Waals surface area contributed by atoms with Gasteiger partial charge >= 0.3 is 0 Å². The highest BCUT2D eigenvalue weighted by atomic mass is 127. The van der Waals surface area contributed by atoms with Crippen LogP contribution >= 0.6 is 38.5 Å². The number of rotatable bonds is 1. The quantitative estimate of drug-likeness (QED) is 0.570. The second-order valence-corrected chi connectivity index (χ2v) is 3.94. The van der Waals surface area contributed by atoms with E-state index >= 15 is 0 Å². The Hall–Kier alpha value is -0.290. The van der Waals surface area contributed by atoms with Gasteiger partial charge < -0.3 is 0 Å². The van der Waals surface area contributed by atoms with Crippen molar-refractivity contribution in [2.24, 2.45) is 0 Å². The minimum Gasteiger partial charge on any atom is -0.234 e. The van der Waals surface area contributed by atoms with Crippen LogP contribution in [0.3, 0.4) is 0 Å². The number of nitriles is 1. The Labute approximate surface area is 95.2 Å².